The summed E-state index contributed by atoms with van der Waals surface area (Å²) in [6.45, 7) is 9.73. The van der Waals surface area contributed by atoms with E-state index in [1.54, 1.807) is 0 Å². The van der Waals surface area contributed by atoms with Gasteiger partial charge in [-0.15, -0.1) is 0 Å². The van der Waals surface area contributed by atoms with Crippen LogP contribution in [-0.4, -0.2) is 31.6 Å². The van der Waals surface area contributed by atoms with Crippen molar-refractivity contribution in [1.29, 1.82) is 0 Å². The summed E-state index contributed by atoms with van der Waals surface area (Å²) in [5, 5.41) is 6.75. The first-order valence-corrected chi connectivity index (χ1v) is 10.5. The minimum atomic E-state index is -0.0282. The standard InChI is InChI=1S/C24H33N3O/c1-18(2)17-25-22-13-15-27(16-14-22)23-11-9-21(10-12-23)24(28)26-19(3)20-7-5-4-6-8-20/h4-12,18-19,22,25H,13-17H2,1-3H3,(H,26,28). The van der Waals surface area contributed by atoms with E-state index in [1.807, 2.05) is 49.4 Å². The van der Waals surface area contributed by atoms with Crippen molar-refractivity contribution in [2.45, 2.75) is 45.7 Å². The van der Waals surface area contributed by atoms with Gasteiger partial charge in [-0.25, -0.2) is 0 Å². The molecule has 2 aromatic rings. The molecule has 0 radical (unpaired) electrons. The Bertz CT molecular complexity index is 734. The lowest BCUT2D eigenvalue weighted by Crippen LogP contribution is -2.43. The van der Waals surface area contributed by atoms with Crippen LogP contribution in [0.4, 0.5) is 5.69 Å². The summed E-state index contributed by atoms with van der Waals surface area (Å²) in [4.78, 5) is 15.0. The van der Waals surface area contributed by atoms with Crippen LogP contribution < -0.4 is 15.5 Å². The molecule has 1 fully saturated rings. The fraction of sp³-hybridized carbons (Fsp3) is 0.458. The Morgan fingerprint density at radius 1 is 1.00 bits per heavy atom. The molecule has 1 aliphatic rings. The van der Waals surface area contributed by atoms with Crippen LogP contribution in [0.1, 0.15) is 55.6 Å². The number of carbonyl (C=O) groups excluding carboxylic acids is 1. The summed E-state index contributed by atoms with van der Waals surface area (Å²) < 4.78 is 0. The lowest BCUT2D eigenvalue weighted by molar-refractivity contribution is 0.0940. The molecular weight excluding hydrogens is 346 g/mol. The number of hydrogen-bond donors (Lipinski definition) is 2. The minimum absolute atomic E-state index is 0.00857. The zero-order chi connectivity index (χ0) is 19.9. The second kappa shape index (κ2) is 9.74. The zero-order valence-electron chi connectivity index (χ0n) is 17.3. The molecule has 0 bridgehead atoms. The number of carbonyl (C=O) groups is 1. The summed E-state index contributed by atoms with van der Waals surface area (Å²) in [5.74, 6) is 0.667. The molecule has 1 amide bonds. The molecule has 1 saturated heterocycles. The number of nitrogens with zero attached hydrogens (tertiary/aromatic N) is 1. The van der Waals surface area contributed by atoms with Crippen LogP contribution in [0.3, 0.4) is 0 Å². The van der Waals surface area contributed by atoms with E-state index in [9.17, 15) is 4.79 Å². The fourth-order valence-corrected chi connectivity index (χ4v) is 3.67. The van der Waals surface area contributed by atoms with Gasteiger partial charge in [-0.05, 0) is 62.1 Å². The Hall–Kier alpha value is -2.33. The van der Waals surface area contributed by atoms with Gasteiger partial charge < -0.3 is 15.5 Å². The number of anilines is 1. The average molecular weight is 380 g/mol. The topological polar surface area (TPSA) is 44.4 Å². The molecular formula is C24H33N3O. The van der Waals surface area contributed by atoms with E-state index in [4.69, 9.17) is 0 Å². The van der Waals surface area contributed by atoms with Crippen molar-refractivity contribution < 1.29 is 4.79 Å². The van der Waals surface area contributed by atoms with Gasteiger partial charge in [0, 0.05) is 30.4 Å². The largest absolute Gasteiger partial charge is 0.371 e. The maximum absolute atomic E-state index is 12.6. The number of piperidine rings is 1. The summed E-state index contributed by atoms with van der Waals surface area (Å²) in [7, 11) is 0. The molecule has 0 aliphatic carbocycles. The quantitative estimate of drug-likeness (QED) is 0.750. The summed E-state index contributed by atoms with van der Waals surface area (Å²) in [6, 6.07) is 18.7. The van der Waals surface area contributed by atoms with Gasteiger partial charge in [-0.3, -0.25) is 4.79 Å². The van der Waals surface area contributed by atoms with Crippen molar-refractivity contribution in [3.8, 4) is 0 Å². The first kappa shape index (κ1) is 20.4. The Morgan fingerprint density at radius 2 is 1.64 bits per heavy atom. The van der Waals surface area contributed by atoms with Crippen molar-refractivity contribution >= 4 is 11.6 Å². The highest BCUT2D eigenvalue weighted by Crippen LogP contribution is 2.21. The summed E-state index contributed by atoms with van der Waals surface area (Å²) in [6.07, 6.45) is 2.34. The summed E-state index contributed by atoms with van der Waals surface area (Å²) >= 11 is 0. The maximum Gasteiger partial charge on any atom is 0.251 e. The number of hydrogen-bond acceptors (Lipinski definition) is 3. The molecule has 2 aromatic carbocycles. The second-order valence-corrected chi connectivity index (χ2v) is 8.22. The van der Waals surface area contributed by atoms with Crippen molar-refractivity contribution in [2.24, 2.45) is 5.92 Å². The van der Waals surface area contributed by atoms with Gasteiger partial charge in [0.05, 0.1) is 6.04 Å². The molecule has 4 nitrogen and oxygen atoms in total. The van der Waals surface area contributed by atoms with Crippen molar-refractivity contribution in [2.75, 3.05) is 24.5 Å². The van der Waals surface area contributed by atoms with E-state index in [2.05, 4.69) is 41.5 Å². The van der Waals surface area contributed by atoms with Crippen LogP contribution in [0.5, 0.6) is 0 Å². The smallest absolute Gasteiger partial charge is 0.251 e. The number of amides is 1. The Balaban J connectivity index is 1.51. The monoisotopic (exact) mass is 379 g/mol. The van der Waals surface area contributed by atoms with E-state index in [-0.39, 0.29) is 11.9 Å². The third kappa shape index (κ3) is 5.59. The molecule has 150 valence electrons. The third-order valence-electron chi connectivity index (χ3n) is 5.45. The molecule has 0 saturated carbocycles. The molecule has 0 spiro atoms. The SMILES string of the molecule is CC(C)CNC1CCN(c2ccc(C(=O)NC(C)c3ccccc3)cc2)CC1. The fourth-order valence-electron chi connectivity index (χ4n) is 3.67. The lowest BCUT2D eigenvalue weighted by atomic mass is 10.0. The van der Waals surface area contributed by atoms with Crippen LogP contribution in [0, 0.1) is 5.92 Å². The Labute approximate surface area is 169 Å². The molecule has 4 heteroatoms. The maximum atomic E-state index is 12.6. The van der Waals surface area contributed by atoms with E-state index < -0.39 is 0 Å². The Kier molecular flexibility index (Phi) is 7.10. The summed E-state index contributed by atoms with van der Waals surface area (Å²) in [5.41, 5.74) is 3.02. The zero-order valence-corrected chi connectivity index (χ0v) is 17.3. The molecule has 0 aromatic heterocycles. The average Bonchev–Trinajstić information content (AvgIpc) is 2.73. The van der Waals surface area contributed by atoms with E-state index in [0.29, 0.717) is 17.5 Å². The van der Waals surface area contributed by atoms with E-state index in [1.165, 1.54) is 18.5 Å². The lowest BCUT2D eigenvalue weighted by Gasteiger charge is -2.34. The van der Waals surface area contributed by atoms with E-state index >= 15 is 0 Å². The Morgan fingerprint density at radius 3 is 2.25 bits per heavy atom. The van der Waals surface area contributed by atoms with Crippen molar-refractivity contribution in [1.82, 2.24) is 10.6 Å². The number of nitrogens with one attached hydrogen (secondary N) is 2. The minimum Gasteiger partial charge on any atom is -0.371 e. The van der Waals surface area contributed by atoms with Gasteiger partial charge in [0.2, 0.25) is 0 Å². The predicted octanol–water partition coefficient (Wildman–Crippen LogP) is 4.39. The van der Waals surface area contributed by atoms with Gasteiger partial charge in [-0.2, -0.15) is 0 Å². The first-order chi connectivity index (χ1) is 13.5. The van der Waals surface area contributed by atoms with Crippen molar-refractivity contribution in [3.05, 3.63) is 65.7 Å². The molecule has 1 atom stereocenters. The van der Waals surface area contributed by atoms with Crippen LogP contribution in [0.15, 0.2) is 54.6 Å². The molecule has 1 unspecified atom stereocenters. The van der Waals surface area contributed by atoms with Crippen LogP contribution in [0.25, 0.3) is 0 Å². The van der Waals surface area contributed by atoms with Gasteiger partial charge in [0.1, 0.15) is 0 Å². The van der Waals surface area contributed by atoms with Crippen molar-refractivity contribution in [3.63, 3.8) is 0 Å². The van der Waals surface area contributed by atoms with Gasteiger partial charge in [0.25, 0.3) is 5.91 Å². The number of benzene rings is 2. The van der Waals surface area contributed by atoms with Gasteiger partial charge in [-0.1, -0.05) is 44.2 Å². The molecule has 3 rings (SSSR count). The highest BCUT2D eigenvalue weighted by Gasteiger charge is 2.19. The molecule has 28 heavy (non-hydrogen) atoms. The third-order valence-corrected chi connectivity index (χ3v) is 5.45. The van der Waals surface area contributed by atoms with E-state index in [0.717, 1.165) is 25.2 Å². The van der Waals surface area contributed by atoms with Gasteiger partial charge >= 0.3 is 0 Å². The molecule has 1 heterocycles. The van der Waals surface area contributed by atoms with Gasteiger partial charge in [0.15, 0.2) is 0 Å². The van der Waals surface area contributed by atoms with Crippen LogP contribution in [-0.2, 0) is 0 Å². The highest BCUT2D eigenvalue weighted by molar-refractivity contribution is 5.94. The molecule has 1 aliphatic heterocycles. The molecule has 2 N–H and O–H groups in total. The normalized spacial score (nSPS) is 16.2. The first-order valence-electron chi connectivity index (χ1n) is 10.5. The predicted molar refractivity (Wildman–Crippen MR) is 117 cm³/mol. The highest BCUT2D eigenvalue weighted by atomic mass is 16.1. The number of rotatable bonds is 7. The van der Waals surface area contributed by atoms with Crippen LogP contribution >= 0.6 is 0 Å². The second-order valence-electron chi connectivity index (χ2n) is 8.22. The van der Waals surface area contributed by atoms with Crippen LogP contribution in [0.2, 0.25) is 0 Å².